The summed E-state index contributed by atoms with van der Waals surface area (Å²) in [5, 5.41) is 9.25. The number of ether oxygens (including phenoxy) is 1. The summed E-state index contributed by atoms with van der Waals surface area (Å²) in [5.41, 5.74) is 1.02. The smallest absolute Gasteiger partial charge is 0.394 e. The second-order valence-electron chi connectivity index (χ2n) is 2.88. The molecule has 3 N–H and O–H groups in total. The standard InChI is InChI=1S/C10H12O2.H2O4S/c1-3-4-8-5-6-9(11)10(7-8)12-2;1-5(2,3)4/h3-7,11H,1-2H3;(H2,1,2,3,4). The number of methoxy groups -OCH3 is 1. The highest BCUT2D eigenvalue weighted by molar-refractivity contribution is 7.79. The Labute approximate surface area is 99.7 Å². The molecule has 0 bridgehead atoms. The molecule has 1 aromatic rings. The molecule has 0 fully saturated rings. The van der Waals surface area contributed by atoms with Gasteiger partial charge in [-0.15, -0.1) is 0 Å². The van der Waals surface area contributed by atoms with Crippen molar-refractivity contribution in [1.82, 2.24) is 0 Å². The van der Waals surface area contributed by atoms with E-state index in [4.69, 9.17) is 22.3 Å². The molecule has 0 unspecified atom stereocenters. The van der Waals surface area contributed by atoms with Crippen LogP contribution in [0, 0.1) is 0 Å². The Kier molecular flexibility index (Phi) is 6.26. The topological polar surface area (TPSA) is 104 Å². The summed E-state index contributed by atoms with van der Waals surface area (Å²) in [7, 11) is -3.13. The normalized spacial score (nSPS) is 10.8. The summed E-state index contributed by atoms with van der Waals surface area (Å²) in [6.07, 6.45) is 3.88. The van der Waals surface area contributed by atoms with Crippen molar-refractivity contribution in [2.75, 3.05) is 7.11 Å². The summed E-state index contributed by atoms with van der Waals surface area (Å²) in [5.74, 6) is 0.677. The summed E-state index contributed by atoms with van der Waals surface area (Å²) in [6.45, 7) is 1.94. The molecule has 7 heteroatoms. The van der Waals surface area contributed by atoms with Gasteiger partial charge in [-0.3, -0.25) is 9.11 Å². The van der Waals surface area contributed by atoms with Gasteiger partial charge < -0.3 is 9.84 Å². The van der Waals surface area contributed by atoms with E-state index in [2.05, 4.69) is 0 Å². The van der Waals surface area contributed by atoms with Crippen LogP contribution in [-0.2, 0) is 10.4 Å². The lowest BCUT2D eigenvalue weighted by Gasteiger charge is -2.03. The molecule has 0 amide bonds. The first kappa shape index (κ1) is 15.4. The molecule has 1 rings (SSSR count). The molecule has 0 heterocycles. The summed E-state index contributed by atoms with van der Waals surface area (Å²) in [4.78, 5) is 0. The van der Waals surface area contributed by atoms with Gasteiger partial charge in [-0.05, 0) is 24.6 Å². The van der Waals surface area contributed by atoms with Crippen LogP contribution in [0.15, 0.2) is 24.3 Å². The highest BCUT2D eigenvalue weighted by atomic mass is 32.3. The van der Waals surface area contributed by atoms with Crippen molar-refractivity contribution in [3.05, 3.63) is 29.8 Å². The van der Waals surface area contributed by atoms with Crippen molar-refractivity contribution < 1.29 is 27.4 Å². The second kappa shape index (κ2) is 6.89. The molecule has 0 aliphatic heterocycles. The van der Waals surface area contributed by atoms with Gasteiger partial charge in [-0.25, -0.2) is 0 Å². The molecule has 96 valence electrons. The predicted molar refractivity (Wildman–Crippen MR) is 63.5 cm³/mol. The van der Waals surface area contributed by atoms with E-state index in [1.54, 1.807) is 12.1 Å². The van der Waals surface area contributed by atoms with E-state index in [1.807, 2.05) is 25.1 Å². The summed E-state index contributed by atoms with van der Waals surface area (Å²) < 4.78 is 36.5. The van der Waals surface area contributed by atoms with Crippen molar-refractivity contribution >= 4 is 16.5 Å². The average Bonchev–Trinajstić information content (AvgIpc) is 2.19. The van der Waals surface area contributed by atoms with Crippen molar-refractivity contribution in [1.29, 1.82) is 0 Å². The fraction of sp³-hybridized carbons (Fsp3) is 0.200. The van der Waals surface area contributed by atoms with E-state index in [1.165, 1.54) is 7.11 Å². The van der Waals surface area contributed by atoms with Gasteiger partial charge in [-0.2, -0.15) is 8.42 Å². The zero-order valence-corrected chi connectivity index (χ0v) is 10.2. The lowest BCUT2D eigenvalue weighted by molar-refractivity contribution is 0.373. The lowest BCUT2D eigenvalue weighted by atomic mass is 10.2. The van der Waals surface area contributed by atoms with Crippen LogP contribution in [0.4, 0.5) is 0 Å². The van der Waals surface area contributed by atoms with E-state index in [0.29, 0.717) is 5.75 Å². The molecule has 0 atom stereocenters. The molecule has 0 aliphatic carbocycles. The van der Waals surface area contributed by atoms with Crippen LogP contribution in [0.25, 0.3) is 6.08 Å². The highest BCUT2D eigenvalue weighted by Gasteiger charge is 1.99. The van der Waals surface area contributed by atoms with Gasteiger partial charge in [0.15, 0.2) is 11.5 Å². The van der Waals surface area contributed by atoms with Gasteiger partial charge in [0.25, 0.3) is 0 Å². The Balaban J connectivity index is 0.000000437. The fourth-order valence-corrected chi connectivity index (χ4v) is 0.990. The molecular formula is C10H14O6S. The number of hydrogen-bond donors (Lipinski definition) is 3. The minimum absolute atomic E-state index is 0.172. The first-order chi connectivity index (χ1) is 7.77. The first-order valence-corrected chi connectivity index (χ1v) is 5.87. The van der Waals surface area contributed by atoms with Crippen LogP contribution in [0.5, 0.6) is 11.5 Å². The maximum Gasteiger partial charge on any atom is 0.394 e. The third kappa shape index (κ3) is 8.26. The number of rotatable bonds is 2. The van der Waals surface area contributed by atoms with Gasteiger partial charge in [0.1, 0.15) is 0 Å². The minimum Gasteiger partial charge on any atom is -0.504 e. The first-order valence-electron chi connectivity index (χ1n) is 4.47. The predicted octanol–water partition coefficient (Wildman–Crippen LogP) is 1.78. The highest BCUT2D eigenvalue weighted by Crippen LogP contribution is 2.26. The number of hydrogen-bond acceptors (Lipinski definition) is 4. The molecule has 0 saturated heterocycles. The molecule has 0 aromatic heterocycles. The van der Waals surface area contributed by atoms with Crippen molar-refractivity contribution in [2.24, 2.45) is 0 Å². The monoisotopic (exact) mass is 262 g/mol. The molecular weight excluding hydrogens is 248 g/mol. The van der Waals surface area contributed by atoms with Crippen LogP contribution in [0.2, 0.25) is 0 Å². The zero-order valence-electron chi connectivity index (χ0n) is 9.36. The molecule has 0 saturated carbocycles. The number of phenols is 1. The average molecular weight is 262 g/mol. The lowest BCUT2D eigenvalue weighted by Crippen LogP contribution is -1.89. The van der Waals surface area contributed by atoms with Crippen molar-refractivity contribution in [2.45, 2.75) is 6.92 Å². The molecule has 6 nitrogen and oxygen atoms in total. The summed E-state index contributed by atoms with van der Waals surface area (Å²) >= 11 is 0. The Morgan fingerprint density at radius 1 is 1.29 bits per heavy atom. The Hall–Kier alpha value is -1.57. The SMILES string of the molecule is CC=Cc1ccc(O)c(OC)c1.O=S(=O)(O)O. The van der Waals surface area contributed by atoms with Crippen LogP contribution < -0.4 is 4.74 Å². The van der Waals surface area contributed by atoms with E-state index < -0.39 is 10.4 Å². The van der Waals surface area contributed by atoms with Crippen LogP contribution in [0.3, 0.4) is 0 Å². The van der Waals surface area contributed by atoms with Crippen molar-refractivity contribution in [3.63, 3.8) is 0 Å². The second-order valence-corrected chi connectivity index (χ2v) is 3.77. The molecule has 0 spiro atoms. The number of aromatic hydroxyl groups is 1. The van der Waals surface area contributed by atoms with Gasteiger partial charge in [0.05, 0.1) is 7.11 Å². The number of phenolic OH excluding ortho intramolecular Hbond substituents is 1. The fourth-order valence-electron chi connectivity index (χ4n) is 0.990. The third-order valence-electron chi connectivity index (χ3n) is 1.56. The molecule has 17 heavy (non-hydrogen) atoms. The zero-order chi connectivity index (χ0) is 13.5. The molecule has 0 radical (unpaired) electrons. The number of allylic oxidation sites excluding steroid dienone is 1. The Bertz CT molecular complexity index is 470. The van der Waals surface area contributed by atoms with Crippen LogP contribution in [-0.4, -0.2) is 29.7 Å². The minimum atomic E-state index is -4.67. The Morgan fingerprint density at radius 3 is 2.24 bits per heavy atom. The van der Waals surface area contributed by atoms with Crippen LogP contribution >= 0.6 is 0 Å². The maximum absolute atomic E-state index is 9.25. The van der Waals surface area contributed by atoms with Gasteiger partial charge in [-0.1, -0.05) is 18.2 Å². The Morgan fingerprint density at radius 2 is 1.82 bits per heavy atom. The third-order valence-corrected chi connectivity index (χ3v) is 1.56. The largest absolute Gasteiger partial charge is 0.504 e. The van der Waals surface area contributed by atoms with Gasteiger partial charge in [0, 0.05) is 0 Å². The van der Waals surface area contributed by atoms with Gasteiger partial charge >= 0.3 is 10.4 Å². The van der Waals surface area contributed by atoms with E-state index in [0.717, 1.165) is 5.56 Å². The maximum atomic E-state index is 9.25. The molecule has 0 aliphatic rings. The van der Waals surface area contributed by atoms with Gasteiger partial charge in [0.2, 0.25) is 0 Å². The van der Waals surface area contributed by atoms with E-state index >= 15 is 0 Å². The summed E-state index contributed by atoms with van der Waals surface area (Å²) in [6, 6.07) is 5.24. The van der Waals surface area contributed by atoms with Crippen molar-refractivity contribution in [3.8, 4) is 11.5 Å². The van der Waals surface area contributed by atoms with E-state index in [9.17, 15) is 5.11 Å². The van der Waals surface area contributed by atoms with E-state index in [-0.39, 0.29) is 5.75 Å². The number of benzene rings is 1. The molecule has 1 aromatic carbocycles. The quantitative estimate of drug-likeness (QED) is 0.702. The van der Waals surface area contributed by atoms with Crippen LogP contribution in [0.1, 0.15) is 12.5 Å².